The molecule has 4 N–H and O–H groups in total. The summed E-state index contributed by atoms with van der Waals surface area (Å²) in [5.74, 6) is -0.0472. The molecule has 198 valence electrons. The van der Waals surface area contributed by atoms with Crippen molar-refractivity contribution in [2.24, 2.45) is 50.2 Å². The molecule has 35 heavy (non-hydrogen) atoms. The third-order valence-electron chi connectivity index (χ3n) is 13.2. The molecule has 0 aromatic carbocycles. The number of carboxylic acid groups (broad SMARTS) is 1. The summed E-state index contributed by atoms with van der Waals surface area (Å²) in [6, 6.07) is 0. The maximum Gasteiger partial charge on any atom is 0.310 e. The lowest BCUT2D eigenvalue weighted by atomic mass is 9.33. The average Bonchev–Trinajstić information content (AvgIpc) is 2.77. The van der Waals surface area contributed by atoms with E-state index in [0.717, 1.165) is 51.4 Å². The Bertz CT molecular complexity index is 941. The zero-order valence-corrected chi connectivity index (χ0v) is 22.7. The summed E-state index contributed by atoms with van der Waals surface area (Å²) in [5, 5.41) is 42.8. The number of aliphatic hydroxyl groups excluding tert-OH is 3. The number of carbonyl (C=O) groups is 1. The van der Waals surface area contributed by atoms with Gasteiger partial charge in [-0.2, -0.15) is 0 Å². The first-order chi connectivity index (χ1) is 16.1. The molecule has 5 nitrogen and oxygen atoms in total. The van der Waals surface area contributed by atoms with Crippen LogP contribution in [0.3, 0.4) is 0 Å². The van der Waals surface area contributed by atoms with Crippen LogP contribution in [0.15, 0.2) is 11.6 Å². The lowest BCUT2D eigenvalue weighted by Crippen LogP contribution is -2.68. The van der Waals surface area contributed by atoms with Crippen molar-refractivity contribution in [3.8, 4) is 0 Å². The van der Waals surface area contributed by atoms with Crippen LogP contribution in [-0.2, 0) is 4.79 Å². The van der Waals surface area contributed by atoms with Gasteiger partial charge in [-0.15, -0.1) is 0 Å². The van der Waals surface area contributed by atoms with Gasteiger partial charge in [0, 0.05) is 5.41 Å². The van der Waals surface area contributed by atoms with Gasteiger partial charge in [-0.05, 0) is 97.2 Å². The van der Waals surface area contributed by atoms with Gasteiger partial charge in [0.05, 0.1) is 24.2 Å². The highest BCUT2D eigenvalue weighted by atomic mass is 16.4. The van der Waals surface area contributed by atoms with E-state index in [1.54, 1.807) is 0 Å². The number of fused-ring (bicyclic) bond motifs is 7. The van der Waals surface area contributed by atoms with E-state index in [4.69, 9.17) is 0 Å². The lowest BCUT2D eigenvalue weighted by molar-refractivity contribution is -0.243. The number of hydrogen-bond acceptors (Lipinski definition) is 4. The number of carboxylic acids is 1. The summed E-state index contributed by atoms with van der Waals surface area (Å²) in [7, 11) is 0. The fourth-order valence-corrected chi connectivity index (χ4v) is 10.8. The number of aliphatic carboxylic acids is 1. The molecule has 0 aromatic rings. The Balaban J connectivity index is 1.61. The number of allylic oxidation sites excluding steroid dienone is 2. The van der Waals surface area contributed by atoms with Crippen LogP contribution in [0.1, 0.15) is 99.3 Å². The Hall–Kier alpha value is -0.910. The summed E-state index contributed by atoms with van der Waals surface area (Å²) < 4.78 is 0. The molecule has 4 fully saturated rings. The summed E-state index contributed by atoms with van der Waals surface area (Å²) in [4.78, 5) is 12.8. The molecular formula is C30H48O5. The monoisotopic (exact) mass is 488 g/mol. The molecule has 5 aliphatic carbocycles. The second kappa shape index (κ2) is 7.57. The van der Waals surface area contributed by atoms with E-state index in [2.05, 4.69) is 40.7 Å². The quantitative estimate of drug-likeness (QED) is 0.402. The zero-order valence-electron chi connectivity index (χ0n) is 22.7. The number of hydrogen-bond donors (Lipinski definition) is 4. The Labute approximate surface area is 211 Å². The van der Waals surface area contributed by atoms with E-state index >= 15 is 0 Å². The number of aliphatic hydroxyl groups is 3. The normalized spacial score (nSPS) is 55.0. The highest BCUT2D eigenvalue weighted by molar-refractivity contribution is 5.76. The molecular weight excluding hydrogens is 440 g/mol. The van der Waals surface area contributed by atoms with Crippen LogP contribution in [0.25, 0.3) is 0 Å². The van der Waals surface area contributed by atoms with E-state index < -0.39 is 29.0 Å². The first-order valence-corrected chi connectivity index (χ1v) is 14.0. The van der Waals surface area contributed by atoms with Crippen LogP contribution in [-0.4, -0.2) is 45.2 Å². The molecule has 5 heteroatoms. The van der Waals surface area contributed by atoms with Crippen molar-refractivity contribution in [2.45, 2.75) is 112 Å². The smallest absolute Gasteiger partial charge is 0.310 e. The van der Waals surface area contributed by atoms with Crippen molar-refractivity contribution in [2.75, 3.05) is 6.61 Å². The molecule has 5 rings (SSSR count). The third kappa shape index (κ3) is 3.07. The minimum absolute atomic E-state index is 0.00698. The van der Waals surface area contributed by atoms with Crippen LogP contribution in [0.2, 0.25) is 0 Å². The Morgan fingerprint density at radius 1 is 0.943 bits per heavy atom. The summed E-state index contributed by atoms with van der Waals surface area (Å²) in [6.07, 6.45) is 8.40. The standard InChI is InChI=1S/C30H48O5/c1-25(2)11-13-30(24(34)35)14-12-28(5)18(19(30)15-25)7-8-22-26(3)16-20(32)23(33)27(4,17-31)21(26)9-10-29(22,28)6/h7,19-23,31-33H,8-17H2,1-6H3,(H,34,35)/t19-,20+,21-,22-,23+,26+,27-,28-,29-,30+/m1/s1. The summed E-state index contributed by atoms with van der Waals surface area (Å²) >= 11 is 0. The molecule has 10 atom stereocenters. The van der Waals surface area contributed by atoms with Crippen molar-refractivity contribution >= 4 is 5.97 Å². The van der Waals surface area contributed by atoms with Gasteiger partial charge in [-0.3, -0.25) is 4.79 Å². The summed E-state index contributed by atoms with van der Waals surface area (Å²) in [5.41, 5.74) is -0.0632. The maximum atomic E-state index is 12.8. The highest BCUT2D eigenvalue weighted by Gasteiger charge is 2.70. The second-order valence-electron chi connectivity index (χ2n) is 15.1. The molecule has 0 saturated heterocycles. The van der Waals surface area contributed by atoms with E-state index in [9.17, 15) is 25.2 Å². The van der Waals surface area contributed by atoms with E-state index in [-0.39, 0.29) is 40.1 Å². The fraction of sp³-hybridized carbons (Fsp3) is 0.900. The topological polar surface area (TPSA) is 98.0 Å². The van der Waals surface area contributed by atoms with E-state index in [0.29, 0.717) is 12.3 Å². The van der Waals surface area contributed by atoms with Crippen molar-refractivity contribution in [3.05, 3.63) is 11.6 Å². The van der Waals surface area contributed by atoms with Gasteiger partial charge < -0.3 is 20.4 Å². The Morgan fingerprint density at radius 2 is 1.60 bits per heavy atom. The van der Waals surface area contributed by atoms with E-state index in [1.165, 1.54) is 5.57 Å². The third-order valence-corrected chi connectivity index (χ3v) is 13.2. The number of rotatable bonds is 2. The predicted molar refractivity (Wildman–Crippen MR) is 135 cm³/mol. The molecule has 0 aromatic heterocycles. The van der Waals surface area contributed by atoms with Gasteiger partial charge in [0.25, 0.3) is 0 Å². The largest absolute Gasteiger partial charge is 0.481 e. The molecule has 4 saturated carbocycles. The van der Waals surface area contributed by atoms with Crippen LogP contribution < -0.4 is 0 Å². The van der Waals surface area contributed by atoms with Crippen molar-refractivity contribution < 1.29 is 25.2 Å². The van der Waals surface area contributed by atoms with Gasteiger partial charge in [0.2, 0.25) is 0 Å². The first-order valence-electron chi connectivity index (χ1n) is 14.0. The van der Waals surface area contributed by atoms with Gasteiger partial charge in [-0.1, -0.05) is 53.2 Å². The summed E-state index contributed by atoms with van der Waals surface area (Å²) in [6.45, 7) is 13.6. The molecule has 5 aliphatic rings. The molecule has 0 unspecified atom stereocenters. The zero-order chi connectivity index (χ0) is 25.8. The van der Waals surface area contributed by atoms with E-state index in [1.807, 2.05) is 6.92 Å². The van der Waals surface area contributed by atoms with Crippen molar-refractivity contribution in [1.82, 2.24) is 0 Å². The Kier molecular flexibility index (Phi) is 5.56. The SMILES string of the molecule is CC1(C)CC[C@]2(C(=O)O)CC[C@]3(C)C(=CC[C@@H]4[C@@]5(C)C[C@H](O)[C@H](O)[C@](C)(CO)[C@@H]5CC[C@]43C)[C@H]2C1. The van der Waals surface area contributed by atoms with Gasteiger partial charge in [0.15, 0.2) is 0 Å². The molecule has 0 aliphatic heterocycles. The van der Waals surface area contributed by atoms with Gasteiger partial charge in [-0.25, -0.2) is 0 Å². The molecule has 0 radical (unpaired) electrons. The molecule has 0 spiro atoms. The minimum Gasteiger partial charge on any atom is -0.481 e. The van der Waals surface area contributed by atoms with Gasteiger partial charge in [0.1, 0.15) is 0 Å². The molecule has 0 bridgehead atoms. The van der Waals surface area contributed by atoms with Crippen LogP contribution in [0.4, 0.5) is 0 Å². The first kappa shape index (κ1) is 25.7. The second-order valence-corrected chi connectivity index (χ2v) is 15.1. The predicted octanol–water partition coefficient (Wildman–Crippen LogP) is 5.18. The lowest BCUT2D eigenvalue weighted by Gasteiger charge is -2.71. The maximum absolute atomic E-state index is 12.8. The molecule has 0 amide bonds. The molecule has 0 heterocycles. The van der Waals surface area contributed by atoms with Crippen LogP contribution >= 0.6 is 0 Å². The van der Waals surface area contributed by atoms with Crippen LogP contribution in [0, 0.1) is 50.2 Å². The van der Waals surface area contributed by atoms with Crippen molar-refractivity contribution in [3.63, 3.8) is 0 Å². The minimum atomic E-state index is -0.907. The fourth-order valence-electron chi connectivity index (χ4n) is 10.8. The van der Waals surface area contributed by atoms with Gasteiger partial charge >= 0.3 is 5.97 Å². The average molecular weight is 489 g/mol. The van der Waals surface area contributed by atoms with Crippen molar-refractivity contribution in [1.29, 1.82) is 0 Å². The van der Waals surface area contributed by atoms with Crippen LogP contribution in [0.5, 0.6) is 0 Å². The highest BCUT2D eigenvalue weighted by Crippen LogP contribution is 2.75. The Morgan fingerprint density at radius 3 is 2.23 bits per heavy atom.